The number of amides is 2. The molecule has 0 bridgehead atoms. The van der Waals surface area contributed by atoms with Crippen molar-refractivity contribution < 1.29 is 23.9 Å². The topological polar surface area (TPSA) is 93.7 Å². The molecule has 0 aliphatic rings. The van der Waals surface area contributed by atoms with Gasteiger partial charge in [-0.15, -0.1) is 11.3 Å². The molecule has 0 fully saturated rings. The first-order valence-corrected chi connectivity index (χ1v) is 11.6. The summed E-state index contributed by atoms with van der Waals surface area (Å²) in [5, 5.41) is 7.48. The van der Waals surface area contributed by atoms with Crippen molar-refractivity contribution in [1.82, 2.24) is 0 Å². The van der Waals surface area contributed by atoms with Crippen molar-refractivity contribution >= 4 is 40.3 Å². The van der Waals surface area contributed by atoms with Crippen LogP contribution in [0.25, 0.3) is 0 Å². The van der Waals surface area contributed by atoms with Crippen LogP contribution < -0.4 is 20.1 Å². The Hall–Kier alpha value is -3.65. The normalized spacial score (nSPS) is 10.4. The lowest BCUT2D eigenvalue weighted by molar-refractivity contribution is -0.116. The van der Waals surface area contributed by atoms with E-state index in [1.165, 1.54) is 11.3 Å². The van der Waals surface area contributed by atoms with Crippen molar-refractivity contribution in [3.63, 3.8) is 0 Å². The number of benzene rings is 2. The Morgan fingerprint density at radius 3 is 2.03 bits per heavy atom. The second-order valence-electron chi connectivity index (χ2n) is 6.98. The van der Waals surface area contributed by atoms with Gasteiger partial charge in [0.2, 0.25) is 5.91 Å². The number of carbonyl (C=O) groups is 3. The monoisotopic (exact) mass is 466 g/mol. The molecule has 0 radical (unpaired) electrons. The van der Waals surface area contributed by atoms with Crippen LogP contribution in [-0.2, 0) is 4.79 Å². The molecular formula is C25H26N2O5S. The van der Waals surface area contributed by atoms with Gasteiger partial charge in [0.05, 0.1) is 29.5 Å². The molecule has 0 atom stereocenters. The van der Waals surface area contributed by atoms with Crippen LogP contribution in [0.4, 0.5) is 11.4 Å². The molecule has 1 heterocycles. The van der Waals surface area contributed by atoms with Crippen LogP contribution in [0.3, 0.4) is 0 Å². The molecule has 2 N–H and O–H groups in total. The molecule has 0 unspecified atom stereocenters. The molecule has 7 nitrogen and oxygen atoms in total. The van der Waals surface area contributed by atoms with E-state index in [1.807, 2.05) is 25.3 Å². The van der Waals surface area contributed by atoms with Crippen LogP contribution in [0.1, 0.15) is 46.7 Å². The zero-order valence-electron chi connectivity index (χ0n) is 18.6. The SMILES string of the molecule is CCOc1cc(NC(=O)c2ccccc2)c(OCC)cc1NC(=O)CCC(=O)c1cccs1. The highest BCUT2D eigenvalue weighted by atomic mass is 32.1. The maximum Gasteiger partial charge on any atom is 0.255 e. The molecule has 3 aromatic rings. The third kappa shape index (κ3) is 6.66. The van der Waals surface area contributed by atoms with E-state index in [0.717, 1.165) is 0 Å². The van der Waals surface area contributed by atoms with Crippen LogP contribution in [0.5, 0.6) is 11.5 Å². The molecular weight excluding hydrogens is 440 g/mol. The Labute approximate surface area is 196 Å². The number of ether oxygens (including phenoxy) is 2. The number of hydrogen-bond acceptors (Lipinski definition) is 6. The van der Waals surface area contributed by atoms with E-state index in [2.05, 4.69) is 10.6 Å². The third-order valence-electron chi connectivity index (χ3n) is 4.61. The maximum atomic E-state index is 12.6. The highest BCUT2D eigenvalue weighted by molar-refractivity contribution is 7.12. The van der Waals surface area contributed by atoms with Crippen molar-refractivity contribution in [2.24, 2.45) is 0 Å². The average molecular weight is 467 g/mol. The maximum absolute atomic E-state index is 12.6. The van der Waals surface area contributed by atoms with E-state index in [-0.39, 0.29) is 30.4 Å². The van der Waals surface area contributed by atoms with E-state index in [9.17, 15) is 14.4 Å². The summed E-state index contributed by atoms with van der Waals surface area (Å²) in [7, 11) is 0. The van der Waals surface area contributed by atoms with Gasteiger partial charge in [0.15, 0.2) is 5.78 Å². The Kier molecular flexibility index (Phi) is 8.60. The number of rotatable bonds is 11. The van der Waals surface area contributed by atoms with Crippen molar-refractivity contribution in [3.8, 4) is 11.5 Å². The van der Waals surface area contributed by atoms with Gasteiger partial charge in [-0.3, -0.25) is 14.4 Å². The van der Waals surface area contributed by atoms with Crippen LogP contribution in [0, 0.1) is 0 Å². The first kappa shape index (κ1) is 24.0. The van der Waals surface area contributed by atoms with Crippen LogP contribution in [0.2, 0.25) is 0 Å². The number of carbonyl (C=O) groups excluding carboxylic acids is 3. The number of ketones is 1. The molecule has 0 spiro atoms. The Morgan fingerprint density at radius 2 is 1.45 bits per heavy atom. The molecule has 0 aliphatic heterocycles. The van der Waals surface area contributed by atoms with Gasteiger partial charge in [0.1, 0.15) is 11.5 Å². The molecule has 3 rings (SSSR count). The first-order chi connectivity index (χ1) is 16.0. The van der Waals surface area contributed by atoms with E-state index in [0.29, 0.717) is 46.5 Å². The van der Waals surface area contributed by atoms with E-state index in [4.69, 9.17) is 9.47 Å². The summed E-state index contributed by atoms with van der Waals surface area (Å²) in [6.07, 6.45) is 0.151. The predicted molar refractivity (Wildman–Crippen MR) is 130 cm³/mol. The van der Waals surface area contributed by atoms with E-state index in [1.54, 1.807) is 48.5 Å². The minimum Gasteiger partial charge on any atom is -0.492 e. The molecule has 2 amide bonds. The molecule has 0 aliphatic carbocycles. The fourth-order valence-electron chi connectivity index (χ4n) is 3.09. The number of Topliss-reactive ketones (excluding diaryl/α,β-unsaturated/α-hetero) is 1. The van der Waals surface area contributed by atoms with E-state index >= 15 is 0 Å². The number of anilines is 2. The third-order valence-corrected chi connectivity index (χ3v) is 5.53. The van der Waals surface area contributed by atoms with Crippen LogP contribution in [0.15, 0.2) is 60.0 Å². The van der Waals surface area contributed by atoms with Gasteiger partial charge in [-0.1, -0.05) is 24.3 Å². The van der Waals surface area contributed by atoms with Crippen LogP contribution >= 0.6 is 11.3 Å². The minimum absolute atomic E-state index is 0.0404. The number of nitrogens with one attached hydrogen (secondary N) is 2. The lowest BCUT2D eigenvalue weighted by Crippen LogP contribution is -2.16. The van der Waals surface area contributed by atoms with Gasteiger partial charge in [-0.25, -0.2) is 0 Å². The summed E-state index contributed by atoms with van der Waals surface area (Å²) < 4.78 is 11.4. The molecule has 33 heavy (non-hydrogen) atoms. The highest BCUT2D eigenvalue weighted by Gasteiger charge is 2.18. The summed E-state index contributed by atoms with van der Waals surface area (Å²) in [5.74, 6) is 0.115. The Bertz CT molecular complexity index is 1100. The van der Waals surface area contributed by atoms with Crippen molar-refractivity contribution in [2.75, 3.05) is 23.8 Å². The summed E-state index contributed by atoms with van der Waals surface area (Å²) in [4.78, 5) is 38.0. The highest BCUT2D eigenvalue weighted by Crippen LogP contribution is 2.37. The lowest BCUT2D eigenvalue weighted by atomic mass is 10.1. The summed E-state index contributed by atoms with van der Waals surface area (Å²) in [6.45, 7) is 4.38. The average Bonchev–Trinajstić information content (AvgIpc) is 3.36. The molecule has 8 heteroatoms. The zero-order valence-corrected chi connectivity index (χ0v) is 19.4. The molecule has 1 aromatic heterocycles. The standard InChI is InChI=1S/C25H26N2O5S/c1-3-31-21-16-19(27-25(30)17-9-6-5-7-10-17)22(32-4-2)15-18(21)26-24(29)13-12-20(28)23-11-8-14-33-23/h5-11,14-16H,3-4,12-13H2,1-2H3,(H,26,29)(H,27,30). The first-order valence-electron chi connectivity index (χ1n) is 10.7. The van der Waals surface area contributed by atoms with Gasteiger partial charge in [0, 0.05) is 30.5 Å². The number of thiophene rings is 1. The van der Waals surface area contributed by atoms with Gasteiger partial charge in [-0.05, 0) is 37.4 Å². The molecule has 0 saturated heterocycles. The minimum atomic E-state index is -0.315. The van der Waals surface area contributed by atoms with Gasteiger partial charge >= 0.3 is 0 Å². The Morgan fingerprint density at radius 1 is 0.818 bits per heavy atom. The lowest BCUT2D eigenvalue weighted by Gasteiger charge is -2.18. The summed E-state index contributed by atoms with van der Waals surface area (Å²) in [5.41, 5.74) is 1.34. The molecule has 2 aromatic carbocycles. The van der Waals surface area contributed by atoms with Crippen molar-refractivity contribution in [3.05, 3.63) is 70.4 Å². The van der Waals surface area contributed by atoms with Crippen LogP contribution in [-0.4, -0.2) is 30.8 Å². The van der Waals surface area contributed by atoms with E-state index < -0.39 is 0 Å². The zero-order chi connectivity index (χ0) is 23.6. The van der Waals surface area contributed by atoms with Gasteiger partial charge < -0.3 is 20.1 Å². The van der Waals surface area contributed by atoms with Gasteiger partial charge in [-0.2, -0.15) is 0 Å². The fourth-order valence-corrected chi connectivity index (χ4v) is 3.78. The molecule has 172 valence electrons. The summed E-state index contributed by atoms with van der Waals surface area (Å²) in [6, 6.07) is 15.6. The second kappa shape index (κ2) is 11.8. The van der Waals surface area contributed by atoms with Gasteiger partial charge in [0.25, 0.3) is 5.91 Å². The summed E-state index contributed by atoms with van der Waals surface area (Å²) >= 11 is 1.36. The Balaban J connectivity index is 1.77. The fraction of sp³-hybridized carbons (Fsp3) is 0.240. The smallest absolute Gasteiger partial charge is 0.255 e. The van der Waals surface area contributed by atoms with Crippen molar-refractivity contribution in [2.45, 2.75) is 26.7 Å². The quantitative estimate of drug-likeness (QED) is 0.369. The number of hydrogen-bond donors (Lipinski definition) is 2. The largest absolute Gasteiger partial charge is 0.492 e. The second-order valence-corrected chi connectivity index (χ2v) is 7.93. The van der Waals surface area contributed by atoms with Crippen molar-refractivity contribution in [1.29, 1.82) is 0 Å². The molecule has 0 saturated carbocycles. The predicted octanol–water partition coefficient (Wildman–Crippen LogP) is 5.40.